The molecule has 0 radical (unpaired) electrons. The smallest absolute Gasteiger partial charge is 0.236 e. The average Bonchev–Trinajstić information content (AvgIpc) is 3.26. The third kappa shape index (κ3) is 2.87. The Morgan fingerprint density at radius 3 is 2.48 bits per heavy atom. The third-order valence-electron chi connectivity index (χ3n) is 6.86. The summed E-state index contributed by atoms with van der Waals surface area (Å²) in [5.41, 5.74) is 2.25. The van der Waals surface area contributed by atoms with Crippen LogP contribution in [0.3, 0.4) is 0 Å². The number of anilines is 1. The van der Waals surface area contributed by atoms with E-state index < -0.39 is 17.9 Å². The van der Waals surface area contributed by atoms with E-state index in [1.54, 1.807) is 18.2 Å². The lowest BCUT2D eigenvalue weighted by Crippen LogP contribution is -2.50. The van der Waals surface area contributed by atoms with E-state index in [2.05, 4.69) is 0 Å². The fourth-order valence-electron chi connectivity index (χ4n) is 5.26. The Morgan fingerprint density at radius 1 is 1.06 bits per heavy atom. The minimum absolute atomic E-state index is 0.138. The number of ketones is 1. The number of hydrogen-bond donors (Lipinski definition) is 0. The molecule has 0 bridgehead atoms. The molecule has 158 valence electrons. The number of hydrogen-bond acceptors (Lipinski definition) is 4. The number of likely N-dealkylation sites (tertiary alicyclic amines) is 1. The van der Waals surface area contributed by atoms with Crippen LogP contribution in [0.5, 0.6) is 0 Å². The molecule has 2 saturated heterocycles. The number of halogens is 1. The molecule has 2 aromatic carbocycles. The van der Waals surface area contributed by atoms with E-state index in [4.69, 9.17) is 11.6 Å². The Balaban J connectivity index is 1.66. The van der Waals surface area contributed by atoms with Gasteiger partial charge in [0.15, 0.2) is 5.78 Å². The lowest BCUT2D eigenvalue weighted by atomic mass is 9.86. The average molecular weight is 435 g/mol. The maximum atomic E-state index is 13.7. The number of carbonyl (C=O) groups excluding carboxylic acids is 3. The molecular weight excluding hydrogens is 412 g/mol. The molecule has 5 nitrogen and oxygen atoms in total. The second kappa shape index (κ2) is 7.34. The number of nitrogens with zero attached hydrogens (tertiary/aromatic N) is 2. The maximum absolute atomic E-state index is 13.7. The predicted octanol–water partition coefficient (Wildman–Crippen LogP) is 4.21. The number of amides is 2. The van der Waals surface area contributed by atoms with Crippen molar-refractivity contribution < 1.29 is 14.4 Å². The van der Waals surface area contributed by atoms with Crippen LogP contribution >= 0.6 is 11.6 Å². The second-order valence-corrected chi connectivity index (χ2v) is 8.93. The van der Waals surface area contributed by atoms with Gasteiger partial charge in [-0.05, 0) is 37.1 Å². The van der Waals surface area contributed by atoms with Gasteiger partial charge in [-0.25, -0.2) is 0 Å². The highest BCUT2D eigenvalue weighted by molar-refractivity contribution is 6.30. The zero-order valence-electron chi connectivity index (χ0n) is 17.4. The minimum Gasteiger partial charge on any atom is -0.352 e. The summed E-state index contributed by atoms with van der Waals surface area (Å²) in [7, 11) is 0. The Morgan fingerprint density at radius 2 is 1.77 bits per heavy atom. The van der Waals surface area contributed by atoms with Crippen molar-refractivity contribution in [1.29, 1.82) is 0 Å². The summed E-state index contributed by atoms with van der Waals surface area (Å²) in [6.07, 6.45) is 4.57. The summed E-state index contributed by atoms with van der Waals surface area (Å²) >= 11 is 6.19. The quantitative estimate of drug-likeness (QED) is 0.534. The molecule has 0 aliphatic carbocycles. The van der Waals surface area contributed by atoms with Gasteiger partial charge >= 0.3 is 0 Å². The van der Waals surface area contributed by atoms with Crippen LogP contribution in [0.25, 0.3) is 6.08 Å². The van der Waals surface area contributed by atoms with E-state index in [9.17, 15) is 14.4 Å². The molecule has 2 aromatic rings. The van der Waals surface area contributed by atoms with Crippen LogP contribution in [0.1, 0.15) is 36.2 Å². The van der Waals surface area contributed by atoms with Gasteiger partial charge in [0, 0.05) is 22.3 Å². The highest BCUT2D eigenvalue weighted by Crippen LogP contribution is 2.49. The van der Waals surface area contributed by atoms with Gasteiger partial charge in [-0.3, -0.25) is 19.3 Å². The molecule has 5 atom stereocenters. The lowest BCUT2D eigenvalue weighted by molar-refractivity contribution is -0.142. The minimum atomic E-state index is -0.743. The number of carbonyl (C=O) groups is 3. The van der Waals surface area contributed by atoms with E-state index in [0.717, 1.165) is 11.3 Å². The number of benzene rings is 2. The highest BCUT2D eigenvalue weighted by Gasteiger charge is 2.64. The number of imide groups is 1. The summed E-state index contributed by atoms with van der Waals surface area (Å²) in [6.45, 7) is 3.84. The number of rotatable bonds is 4. The van der Waals surface area contributed by atoms with Crippen LogP contribution in [0.4, 0.5) is 5.69 Å². The van der Waals surface area contributed by atoms with Gasteiger partial charge in [0.2, 0.25) is 11.8 Å². The molecule has 31 heavy (non-hydrogen) atoms. The van der Waals surface area contributed by atoms with Crippen LogP contribution in [-0.2, 0) is 9.59 Å². The van der Waals surface area contributed by atoms with Crippen molar-refractivity contribution in [3.8, 4) is 0 Å². The molecule has 6 heteroatoms. The summed E-state index contributed by atoms with van der Waals surface area (Å²) < 4.78 is 0. The monoisotopic (exact) mass is 434 g/mol. The van der Waals surface area contributed by atoms with Crippen LogP contribution in [0.15, 0.2) is 54.6 Å². The summed E-state index contributed by atoms with van der Waals surface area (Å²) in [5.74, 6) is -1.83. The zero-order valence-corrected chi connectivity index (χ0v) is 18.1. The molecule has 3 heterocycles. The third-order valence-corrected chi connectivity index (χ3v) is 7.10. The first kappa shape index (κ1) is 20.0. The topological polar surface area (TPSA) is 57.7 Å². The molecule has 3 aliphatic rings. The van der Waals surface area contributed by atoms with E-state index >= 15 is 0 Å². The zero-order chi connectivity index (χ0) is 21.9. The molecular formula is C25H23ClN2O3. The second-order valence-electron chi connectivity index (χ2n) is 8.49. The number of fused-ring (bicyclic) bond motifs is 5. The molecule has 0 unspecified atom stereocenters. The normalized spacial score (nSPS) is 27.2. The fourth-order valence-corrected chi connectivity index (χ4v) is 5.44. The molecule has 2 amide bonds. The highest BCUT2D eigenvalue weighted by atomic mass is 35.5. The van der Waals surface area contributed by atoms with Crippen LogP contribution < -0.4 is 4.90 Å². The largest absolute Gasteiger partial charge is 0.352 e. The SMILES string of the molecule is CC[C@@H](C)N1C(=O)[C@@H]2[C@H](C1=O)[C@H]1C=Cc3cc(Cl)ccc3N1[C@H]2C(=O)c1ccccc1. The molecule has 0 saturated carbocycles. The van der Waals surface area contributed by atoms with Gasteiger partial charge in [-0.15, -0.1) is 0 Å². The maximum Gasteiger partial charge on any atom is 0.236 e. The van der Waals surface area contributed by atoms with E-state index in [0.29, 0.717) is 17.0 Å². The first-order chi connectivity index (χ1) is 14.9. The van der Waals surface area contributed by atoms with Crippen molar-refractivity contribution in [2.24, 2.45) is 11.8 Å². The first-order valence-corrected chi connectivity index (χ1v) is 11.0. The van der Waals surface area contributed by atoms with Gasteiger partial charge in [0.25, 0.3) is 0 Å². The van der Waals surface area contributed by atoms with E-state index in [-0.39, 0.29) is 29.7 Å². The van der Waals surface area contributed by atoms with Crippen molar-refractivity contribution in [2.75, 3.05) is 4.90 Å². The molecule has 0 N–H and O–H groups in total. The standard InChI is InChI=1S/C25H23ClN2O3/c1-3-14(2)27-24(30)20-19-11-9-16-13-17(26)10-12-18(16)28(19)22(21(20)25(27)31)23(29)15-7-5-4-6-8-15/h4-14,19-22H,3H2,1-2H3/t14-,19-,20-,21-,22-/m1/s1. The Kier molecular flexibility index (Phi) is 4.74. The van der Waals surface area contributed by atoms with Crippen molar-refractivity contribution in [1.82, 2.24) is 4.90 Å². The van der Waals surface area contributed by atoms with Crippen molar-refractivity contribution >= 4 is 41.0 Å². The van der Waals surface area contributed by atoms with E-state index in [1.165, 1.54) is 4.90 Å². The Bertz CT molecular complexity index is 1110. The van der Waals surface area contributed by atoms with Crippen LogP contribution in [0.2, 0.25) is 5.02 Å². The van der Waals surface area contributed by atoms with E-state index in [1.807, 2.05) is 61.2 Å². The van der Waals surface area contributed by atoms with Gasteiger partial charge < -0.3 is 4.90 Å². The van der Waals surface area contributed by atoms with Crippen molar-refractivity contribution in [3.63, 3.8) is 0 Å². The van der Waals surface area contributed by atoms with Crippen molar-refractivity contribution in [2.45, 2.75) is 38.4 Å². The lowest BCUT2D eigenvalue weighted by Gasteiger charge is -2.37. The summed E-state index contributed by atoms with van der Waals surface area (Å²) in [4.78, 5) is 44.1. The predicted molar refractivity (Wildman–Crippen MR) is 120 cm³/mol. The van der Waals surface area contributed by atoms with Gasteiger partial charge in [0.05, 0.1) is 17.9 Å². The van der Waals surface area contributed by atoms with Gasteiger partial charge in [-0.2, -0.15) is 0 Å². The Hall–Kier alpha value is -2.92. The summed E-state index contributed by atoms with van der Waals surface area (Å²) in [5, 5.41) is 0.599. The molecule has 3 aliphatic heterocycles. The van der Waals surface area contributed by atoms with Crippen molar-refractivity contribution in [3.05, 3.63) is 70.8 Å². The summed E-state index contributed by atoms with van der Waals surface area (Å²) in [6, 6.07) is 13.2. The van der Waals surface area contributed by atoms with Crippen LogP contribution in [-0.4, -0.2) is 40.6 Å². The van der Waals surface area contributed by atoms with Crippen LogP contribution in [0, 0.1) is 11.8 Å². The van der Waals surface area contributed by atoms with Gasteiger partial charge in [0.1, 0.15) is 6.04 Å². The molecule has 0 spiro atoms. The molecule has 2 fully saturated rings. The molecule has 0 aromatic heterocycles. The fraction of sp³-hybridized carbons (Fsp3) is 0.320. The number of Topliss-reactive ketones (excluding diaryl/α,β-unsaturated/α-hetero) is 1. The molecule has 5 rings (SSSR count). The Labute approximate surface area is 186 Å². The van der Waals surface area contributed by atoms with Gasteiger partial charge in [-0.1, -0.05) is 61.0 Å². The first-order valence-electron chi connectivity index (χ1n) is 10.7.